The number of aromatic nitrogens is 1. The highest BCUT2D eigenvalue weighted by molar-refractivity contribution is 5.59. The van der Waals surface area contributed by atoms with E-state index in [1.807, 2.05) is 0 Å². The summed E-state index contributed by atoms with van der Waals surface area (Å²) < 4.78 is 41.7. The van der Waals surface area contributed by atoms with Gasteiger partial charge in [-0.25, -0.2) is 17.7 Å². The van der Waals surface area contributed by atoms with E-state index in [4.69, 9.17) is 0 Å². The third-order valence-corrected chi connectivity index (χ3v) is 5.91. The Morgan fingerprint density at radius 3 is 2.00 bits per heavy atom. The SMILES string of the molecule is Oc1c2c(c(O)n1-c1ccc(F)c(F)c1F)[C@@H]1CC[C@H]2[C@H]2C[C@H]21. The second-order valence-corrected chi connectivity index (χ2v) is 6.86. The number of nitrogens with zero attached hydrogens (tertiary/aromatic N) is 1. The number of benzene rings is 1. The molecule has 2 aromatic rings. The van der Waals surface area contributed by atoms with Crippen molar-refractivity contribution in [3.63, 3.8) is 0 Å². The Morgan fingerprint density at radius 1 is 0.870 bits per heavy atom. The minimum atomic E-state index is -1.61. The highest BCUT2D eigenvalue weighted by Gasteiger charge is 2.59. The predicted octanol–water partition coefficient (Wildman–Crippen LogP) is 3.92. The van der Waals surface area contributed by atoms with Crippen molar-refractivity contribution in [2.45, 2.75) is 31.1 Å². The summed E-state index contributed by atoms with van der Waals surface area (Å²) in [7, 11) is 0. The lowest BCUT2D eigenvalue weighted by molar-refractivity contribution is 0.322. The van der Waals surface area contributed by atoms with Crippen LogP contribution in [0.2, 0.25) is 0 Å². The average Bonchev–Trinajstić information content (AvgIpc) is 3.32. The first-order chi connectivity index (χ1) is 11.0. The van der Waals surface area contributed by atoms with Crippen molar-refractivity contribution in [1.82, 2.24) is 4.57 Å². The van der Waals surface area contributed by atoms with E-state index in [2.05, 4.69) is 0 Å². The van der Waals surface area contributed by atoms with Gasteiger partial charge in [0.05, 0.1) is 5.69 Å². The molecule has 2 bridgehead atoms. The summed E-state index contributed by atoms with van der Waals surface area (Å²) in [5.74, 6) is -3.44. The largest absolute Gasteiger partial charge is 0.494 e. The molecule has 0 aliphatic heterocycles. The molecule has 0 radical (unpaired) electrons. The van der Waals surface area contributed by atoms with E-state index in [1.54, 1.807) is 0 Å². The van der Waals surface area contributed by atoms with Gasteiger partial charge in [-0.15, -0.1) is 0 Å². The van der Waals surface area contributed by atoms with Gasteiger partial charge >= 0.3 is 0 Å². The minimum absolute atomic E-state index is 0.167. The maximum atomic E-state index is 14.1. The van der Waals surface area contributed by atoms with Crippen LogP contribution in [0.5, 0.6) is 11.8 Å². The van der Waals surface area contributed by atoms with Gasteiger partial charge in [0, 0.05) is 11.1 Å². The molecule has 0 saturated heterocycles. The first kappa shape index (κ1) is 13.3. The predicted molar refractivity (Wildman–Crippen MR) is 75.3 cm³/mol. The molecule has 4 aliphatic carbocycles. The zero-order chi connectivity index (χ0) is 16.0. The van der Waals surface area contributed by atoms with Crippen LogP contribution in [0, 0.1) is 29.3 Å². The van der Waals surface area contributed by atoms with E-state index in [9.17, 15) is 23.4 Å². The number of rotatable bonds is 1. The van der Waals surface area contributed by atoms with E-state index in [0.717, 1.165) is 36.0 Å². The number of halogens is 3. The first-order valence-electron chi connectivity index (χ1n) is 7.81. The smallest absolute Gasteiger partial charge is 0.202 e. The fraction of sp³-hybridized carbons (Fsp3) is 0.412. The number of fused-ring (bicyclic) bond motifs is 1. The van der Waals surface area contributed by atoms with Crippen LogP contribution < -0.4 is 0 Å². The van der Waals surface area contributed by atoms with E-state index in [-0.39, 0.29) is 29.3 Å². The van der Waals surface area contributed by atoms with Crippen molar-refractivity contribution >= 4 is 0 Å². The van der Waals surface area contributed by atoms with Crippen molar-refractivity contribution in [2.75, 3.05) is 0 Å². The minimum Gasteiger partial charge on any atom is -0.494 e. The van der Waals surface area contributed by atoms with Crippen molar-refractivity contribution in [3.8, 4) is 17.4 Å². The second-order valence-electron chi connectivity index (χ2n) is 6.86. The Hall–Kier alpha value is -2.11. The molecule has 1 heterocycles. The molecule has 4 atom stereocenters. The molecule has 0 spiro atoms. The summed E-state index contributed by atoms with van der Waals surface area (Å²) in [4.78, 5) is 0. The zero-order valence-corrected chi connectivity index (χ0v) is 12.1. The highest BCUT2D eigenvalue weighted by atomic mass is 19.2. The fourth-order valence-electron chi connectivity index (χ4n) is 4.89. The standard InChI is InChI=1S/C17H14F3NO2/c18-10-3-4-11(15(20)14(10)19)21-16(22)12-6-1-2-7(9-5-8(6)9)13(12)17(21)23/h3-4,6-9,22-23H,1-2,5H2/t6-,7+,8+,9-. The van der Waals surface area contributed by atoms with Crippen molar-refractivity contribution in [1.29, 1.82) is 0 Å². The molecule has 120 valence electrons. The molecule has 2 N–H and O–H groups in total. The second kappa shape index (κ2) is 4.04. The molecule has 6 heteroatoms. The Labute approximate surface area is 130 Å². The van der Waals surface area contributed by atoms with Crippen molar-refractivity contribution < 1.29 is 23.4 Å². The lowest BCUT2D eigenvalue weighted by Crippen LogP contribution is -2.22. The summed E-state index contributed by atoms with van der Waals surface area (Å²) in [6, 6.07) is 1.82. The van der Waals surface area contributed by atoms with Gasteiger partial charge < -0.3 is 10.2 Å². The monoisotopic (exact) mass is 321 g/mol. The van der Waals surface area contributed by atoms with Crippen LogP contribution >= 0.6 is 0 Å². The van der Waals surface area contributed by atoms with Crippen molar-refractivity contribution in [3.05, 3.63) is 40.7 Å². The van der Waals surface area contributed by atoms with Crippen LogP contribution in [0.4, 0.5) is 13.2 Å². The van der Waals surface area contributed by atoms with E-state index in [1.165, 1.54) is 0 Å². The summed E-state index contributed by atoms with van der Waals surface area (Å²) in [5, 5.41) is 21.1. The molecule has 2 saturated carbocycles. The molecule has 0 unspecified atom stereocenters. The Bertz CT molecular complexity index is 821. The van der Waals surface area contributed by atoms with Gasteiger partial charge in [0.25, 0.3) is 0 Å². The van der Waals surface area contributed by atoms with E-state index >= 15 is 0 Å². The van der Waals surface area contributed by atoms with Gasteiger partial charge in [0.1, 0.15) is 0 Å². The molecule has 1 aromatic carbocycles. The topological polar surface area (TPSA) is 45.4 Å². The highest BCUT2D eigenvalue weighted by Crippen LogP contribution is 2.70. The van der Waals surface area contributed by atoms with E-state index in [0.29, 0.717) is 23.0 Å². The molecule has 4 aliphatic rings. The average molecular weight is 321 g/mol. The molecule has 3 nitrogen and oxygen atoms in total. The molecular weight excluding hydrogens is 307 g/mol. The lowest BCUT2D eigenvalue weighted by Gasteiger charge is -2.35. The number of hydrogen-bond acceptors (Lipinski definition) is 2. The summed E-state index contributed by atoms with van der Waals surface area (Å²) in [5.41, 5.74) is 0.963. The first-order valence-corrected chi connectivity index (χ1v) is 7.81. The van der Waals surface area contributed by atoms with Crippen LogP contribution in [0.1, 0.15) is 42.2 Å². The lowest BCUT2D eigenvalue weighted by atomic mass is 9.68. The van der Waals surface area contributed by atoms with Crippen LogP contribution in [0.25, 0.3) is 5.69 Å². The maximum Gasteiger partial charge on any atom is 0.202 e. The summed E-state index contributed by atoms with van der Waals surface area (Å²) in [6.45, 7) is 0. The molecular formula is C17H14F3NO2. The Kier molecular flexibility index (Phi) is 2.35. The normalized spacial score (nSPS) is 30.2. The summed E-state index contributed by atoms with van der Waals surface area (Å²) in [6.07, 6.45) is 2.98. The molecule has 6 rings (SSSR count). The van der Waals surface area contributed by atoms with Crippen LogP contribution in [0.3, 0.4) is 0 Å². The van der Waals surface area contributed by atoms with Gasteiger partial charge in [-0.05, 0) is 55.1 Å². The van der Waals surface area contributed by atoms with Crippen LogP contribution in [0.15, 0.2) is 12.1 Å². The Morgan fingerprint density at radius 2 is 1.43 bits per heavy atom. The fourth-order valence-corrected chi connectivity index (χ4v) is 4.89. The van der Waals surface area contributed by atoms with E-state index < -0.39 is 17.5 Å². The molecule has 1 aromatic heterocycles. The van der Waals surface area contributed by atoms with Gasteiger partial charge in [-0.1, -0.05) is 0 Å². The third-order valence-electron chi connectivity index (χ3n) is 5.91. The maximum absolute atomic E-state index is 14.1. The zero-order valence-electron chi connectivity index (χ0n) is 12.1. The number of hydrogen-bond donors (Lipinski definition) is 2. The quantitative estimate of drug-likeness (QED) is 0.782. The van der Waals surface area contributed by atoms with Crippen LogP contribution in [-0.4, -0.2) is 14.8 Å². The summed E-state index contributed by atoms with van der Waals surface area (Å²) >= 11 is 0. The number of aromatic hydroxyl groups is 2. The van der Waals surface area contributed by atoms with Gasteiger partial charge in [-0.2, -0.15) is 0 Å². The Balaban J connectivity index is 1.77. The van der Waals surface area contributed by atoms with Gasteiger partial charge in [0.2, 0.25) is 11.8 Å². The van der Waals surface area contributed by atoms with Gasteiger partial charge in [-0.3, -0.25) is 0 Å². The van der Waals surface area contributed by atoms with Gasteiger partial charge in [0.15, 0.2) is 17.5 Å². The third kappa shape index (κ3) is 1.47. The molecule has 0 amide bonds. The molecule has 23 heavy (non-hydrogen) atoms. The molecule has 2 fully saturated rings. The van der Waals surface area contributed by atoms with Crippen molar-refractivity contribution in [2.24, 2.45) is 11.8 Å². The van der Waals surface area contributed by atoms with Crippen LogP contribution in [-0.2, 0) is 0 Å².